The Bertz CT molecular complexity index is 1100. The number of carbonyl (C=O) groups excluding carboxylic acids is 1. The van der Waals surface area contributed by atoms with Crippen LogP contribution in [0.5, 0.6) is 5.75 Å². The van der Waals surface area contributed by atoms with E-state index in [4.69, 9.17) is 21.1 Å². The first-order chi connectivity index (χ1) is 13.4. The lowest BCUT2D eigenvalue weighted by Gasteiger charge is -2.15. The Labute approximate surface area is 168 Å². The summed E-state index contributed by atoms with van der Waals surface area (Å²) in [6.45, 7) is 6.41. The number of halogens is 1. The third kappa shape index (κ3) is 3.62. The fourth-order valence-electron chi connectivity index (χ4n) is 3.08. The molecule has 0 spiro atoms. The maximum absolute atomic E-state index is 13.0. The van der Waals surface area contributed by atoms with Gasteiger partial charge in [-0.2, -0.15) is 0 Å². The van der Waals surface area contributed by atoms with E-state index in [1.54, 1.807) is 37.6 Å². The third-order valence-corrected chi connectivity index (χ3v) is 5.38. The highest BCUT2D eigenvalue weighted by atomic mass is 35.5. The van der Waals surface area contributed by atoms with Crippen molar-refractivity contribution in [1.82, 2.24) is 4.57 Å². The minimum absolute atomic E-state index is 0.0204. The number of carbonyl (C=O) groups is 1. The van der Waals surface area contributed by atoms with E-state index in [2.05, 4.69) is 0 Å². The van der Waals surface area contributed by atoms with Gasteiger partial charge in [-0.25, -0.2) is 4.79 Å². The number of ether oxygens (including phenoxy) is 2. The Kier molecular flexibility index (Phi) is 5.75. The molecule has 0 radical (unpaired) electrons. The minimum Gasteiger partial charge on any atom is -0.497 e. The smallest absolute Gasteiger partial charge is 0.344 e. The van der Waals surface area contributed by atoms with Gasteiger partial charge in [-0.3, -0.25) is 4.79 Å². The van der Waals surface area contributed by atoms with Crippen LogP contribution in [-0.2, 0) is 17.9 Å². The van der Waals surface area contributed by atoms with Gasteiger partial charge in [0.15, 0.2) is 0 Å². The number of rotatable bonds is 5. The predicted octanol–water partition coefficient (Wildman–Crippen LogP) is 4.66. The van der Waals surface area contributed by atoms with Crippen molar-refractivity contribution in [2.75, 3.05) is 7.11 Å². The summed E-state index contributed by atoms with van der Waals surface area (Å²) >= 11 is 6.47. The molecule has 0 aliphatic heterocycles. The monoisotopic (exact) mass is 399 g/mol. The summed E-state index contributed by atoms with van der Waals surface area (Å²) in [5.74, 6) is 0.0509. The second-order valence-electron chi connectivity index (χ2n) is 6.61. The number of fused-ring (bicyclic) bond motifs is 1. The largest absolute Gasteiger partial charge is 0.497 e. The van der Waals surface area contributed by atoms with Crippen LogP contribution in [0.2, 0.25) is 5.02 Å². The van der Waals surface area contributed by atoms with E-state index in [0.717, 1.165) is 22.4 Å². The average molecular weight is 400 g/mol. The van der Waals surface area contributed by atoms with Crippen molar-refractivity contribution in [3.8, 4) is 5.75 Å². The molecule has 0 fully saturated rings. The van der Waals surface area contributed by atoms with E-state index >= 15 is 0 Å². The van der Waals surface area contributed by atoms with Crippen LogP contribution in [0.1, 0.15) is 34.0 Å². The number of nitrogens with zero attached hydrogens (tertiary/aromatic N) is 1. The molecule has 3 aromatic rings. The zero-order chi connectivity index (χ0) is 20.4. The molecule has 0 N–H and O–H groups in total. The van der Waals surface area contributed by atoms with E-state index in [0.29, 0.717) is 22.5 Å². The molecular weight excluding hydrogens is 378 g/mol. The van der Waals surface area contributed by atoms with Crippen molar-refractivity contribution in [3.63, 3.8) is 0 Å². The van der Waals surface area contributed by atoms with Crippen LogP contribution in [0, 0.1) is 13.8 Å². The standard InChI is InChI=1S/C22H22ClNO4/c1-5-24-11-17(21(25)19-18(24)10-13(2)14(3)20(19)23)22(26)28-12-15-6-8-16(27-4)9-7-15/h6-11H,5,12H2,1-4H3. The van der Waals surface area contributed by atoms with Crippen molar-refractivity contribution in [3.05, 3.63) is 74.0 Å². The van der Waals surface area contributed by atoms with Crippen LogP contribution in [0.3, 0.4) is 0 Å². The summed E-state index contributed by atoms with van der Waals surface area (Å²) in [5, 5.41) is 0.734. The van der Waals surface area contributed by atoms with Gasteiger partial charge in [-0.05, 0) is 55.7 Å². The molecule has 0 saturated carbocycles. The van der Waals surface area contributed by atoms with Gasteiger partial charge in [0.05, 0.1) is 23.0 Å². The SMILES string of the molecule is CCn1cc(C(=O)OCc2ccc(OC)cc2)c(=O)c2c(Cl)c(C)c(C)cc21. The van der Waals surface area contributed by atoms with Gasteiger partial charge in [-0.15, -0.1) is 0 Å². The lowest BCUT2D eigenvalue weighted by molar-refractivity contribution is 0.0470. The van der Waals surface area contributed by atoms with Crippen molar-refractivity contribution < 1.29 is 14.3 Å². The Hall–Kier alpha value is -2.79. The number of pyridine rings is 1. The molecule has 0 atom stereocenters. The molecule has 146 valence electrons. The second-order valence-corrected chi connectivity index (χ2v) is 6.99. The molecule has 0 bridgehead atoms. The topological polar surface area (TPSA) is 57.5 Å². The van der Waals surface area contributed by atoms with Crippen LogP contribution in [-0.4, -0.2) is 17.6 Å². The number of benzene rings is 2. The summed E-state index contributed by atoms with van der Waals surface area (Å²) in [4.78, 5) is 25.6. The normalized spacial score (nSPS) is 10.9. The molecule has 2 aromatic carbocycles. The van der Waals surface area contributed by atoms with E-state index in [9.17, 15) is 9.59 Å². The van der Waals surface area contributed by atoms with Gasteiger partial charge >= 0.3 is 5.97 Å². The van der Waals surface area contributed by atoms with Gasteiger partial charge < -0.3 is 14.0 Å². The molecule has 6 heteroatoms. The fourth-order valence-corrected chi connectivity index (χ4v) is 3.41. The molecule has 0 amide bonds. The first kappa shape index (κ1) is 20.0. The van der Waals surface area contributed by atoms with E-state index in [-0.39, 0.29) is 12.2 Å². The number of aromatic nitrogens is 1. The highest BCUT2D eigenvalue weighted by molar-refractivity contribution is 6.36. The molecule has 0 saturated heterocycles. The maximum atomic E-state index is 13.0. The van der Waals surface area contributed by atoms with Gasteiger partial charge in [0.2, 0.25) is 5.43 Å². The van der Waals surface area contributed by atoms with Gasteiger partial charge in [0, 0.05) is 12.7 Å². The van der Waals surface area contributed by atoms with Crippen molar-refractivity contribution in [1.29, 1.82) is 0 Å². The number of hydrogen-bond donors (Lipinski definition) is 0. The summed E-state index contributed by atoms with van der Waals surface area (Å²) < 4.78 is 12.3. The molecule has 0 aliphatic carbocycles. The van der Waals surface area contributed by atoms with Crippen molar-refractivity contribution in [2.45, 2.75) is 33.9 Å². The fraction of sp³-hybridized carbons (Fsp3) is 0.273. The van der Waals surface area contributed by atoms with E-state index in [1.165, 1.54) is 0 Å². The summed E-state index contributed by atoms with van der Waals surface area (Å²) in [6, 6.07) is 9.11. The zero-order valence-electron chi connectivity index (χ0n) is 16.3. The lowest BCUT2D eigenvalue weighted by atomic mass is 10.0. The molecule has 0 aliphatic rings. The van der Waals surface area contributed by atoms with Gasteiger partial charge in [0.25, 0.3) is 0 Å². The molecule has 1 aromatic heterocycles. The Morgan fingerprint density at radius 2 is 1.86 bits per heavy atom. The highest BCUT2D eigenvalue weighted by Gasteiger charge is 2.20. The highest BCUT2D eigenvalue weighted by Crippen LogP contribution is 2.28. The Morgan fingerprint density at radius 3 is 2.46 bits per heavy atom. The average Bonchev–Trinajstić information content (AvgIpc) is 2.70. The summed E-state index contributed by atoms with van der Waals surface area (Å²) in [6.07, 6.45) is 1.55. The number of hydrogen-bond acceptors (Lipinski definition) is 4. The summed E-state index contributed by atoms with van der Waals surface area (Å²) in [7, 11) is 1.59. The molecule has 1 heterocycles. The first-order valence-corrected chi connectivity index (χ1v) is 9.38. The quantitative estimate of drug-likeness (QED) is 0.585. The van der Waals surface area contributed by atoms with Crippen LogP contribution in [0.15, 0.2) is 41.3 Å². The number of esters is 1. The van der Waals surface area contributed by atoms with Gasteiger partial charge in [-0.1, -0.05) is 23.7 Å². The second kappa shape index (κ2) is 8.07. The maximum Gasteiger partial charge on any atom is 0.344 e. The number of methoxy groups -OCH3 is 1. The van der Waals surface area contributed by atoms with E-state index in [1.807, 2.05) is 31.4 Å². The first-order valence-electron chi connectivity index (χ1n) is 9.00. The lowest BCUT2D eigenvalue weighted by Crippen LogP contribution is -2.21. The minimum atomic E-state index is -0.667. The van der Waals surface area contributed by atoms with Crippen molar-refractivity contribution in [2.24, 2.45) is 0 Å². The Balaban J connectivity index is 1.98. The van der Waals surface area contributed by atoms with Crippen LogP contribution >= 0.6 is 11.6 Å². The molecule has 0 unspecified atom stereocenters. The summed E-state index contributed by atoms with van der Waals surface area (Å²) in [5.41, 5.74) is 2.91. The van der Waals surface area contributed by atoms with Crippen LogP contribution < -0.4 is 10.2 Å². The van der Waals surface area contributed by atoms with E-state index < -0.39 is 11.4 Å². The van der Waals surface area contributed by atoms with Crippen LogP contribution in [0.4, 0.5) is 0 Å². The predicted molar refractivity (Wildman–Crippen MR) is 110 cm³/mol. The van der Waals surface area contributed by atoms with Crippen LogP contribution in [0.25, 0.3) is 10.9 Å². The third-order valence-electron chi connectivity index (χ3n) is 4.91. The van der Waals surface area contributed by atoms with Gasteiger partial charge in [0.1, 0.15) is 17.9 Å². The molecule has 28 heavy (non-hydrogen) atoms. The Morgan fingerprint density at radius 1 is 1.18 bits per heavy atom. The number of aryl methyl sites for hydroxylation is 2. The molecular formula is C22H22ClNO4. The zero-order valence-corrected chi connectivity index (χ0v) is 17.1. The molecule has 3 rings (SSSR count). The van der Waals surface area contributed by atoms with Crippen molar-refractivity contribution >= 4 is 28.5 Å². The molecule has 5 nitrogen and oxygen atoms in total.